The average molecular weight is 170 g/mol. The maximum atomic E-state index is 10.2. The first-order valence-corrected chi connectivity index (χ1v) is 5.14. The summed E-state index contributed by atoms with van der Waals surface area (Å²) in [5.74, 6) is 0. The van der Waals surface area contributed by atoms with Gasteiger partial charge in [0.05, 0.1) is 5.60 Å². The minimum absolute atomic E-state index is 0.270. The summed E-state index contributed by atoms with van der Waals surface area (Å²) in [5.41, 5.74) is -0.0669. The van der Waals surface area contributed by atoms with Gasteiger partial charge in [-0.15, -0.1) is 0 Å². The Bertz CT molecular complexity index is 138. The molecule has 1 nitrogen and oxygen atoms in total. The molecule has 0 aromatic carbocycles. The highest BCUT2D eigenvalue weighted by atomic mass is 16.3. The van der Waals surface area contributed by atoms with Gasteiger partial charge in [0, 0.05) is 0 Å². The Hall–Kier alpha value is -0.0400. The number of hydrogen-bond acceptors (Lipinski definition) is 1. The molecule has 0 radical (unpaired) electrons. The van der Waals surface area contributed by atoms with Gasteiger partial charge in [-0.05, 0) is 24.7 Å². The molecule has 0 spiro atoms. The lowest BCUT2D eigenvalue weighted by Crippen LogP contribution is -2.35. The van der Waals surface area contributed by atoms with Gasteiger partial charge in [0.25, 0.3) is 0 Å². The smallest absolute Gasteiger partial charge is 0.0652 e. The second kappa shape index (κ2) is 3.37. The van der Waals surface area contributed by atoms with E-state index in [0.29, 0.717) is 0 Å². The summed E-state index contributed by atoms with van der Waals surface area (Å²) in [4.78, 5) is 0. The first kappa shape index (κ1) is 10.0. The molecular formula is C11H22O. The van der Waals surface area contributed by atoms with Crippen LogP contribution in [0.1, 0.15) is 59.3 Å². The maximum absolute atomic E-state index is 10.2. The van der Waals surface area contributed by atoms with Crippen LogP contribution in [0, 0.1) is 5.41 Å². The molecule has 0 unspecified atom stereocenters. The predicted molar refractivity (Wildman–Crippen MR) is 52.1 cm³/mol. The molecule has 1 saturated carbocycles. The molecule has 1 aliphatic carbocycles. The van der Waals surface area contributed by atoms with Crippen LogP contribution in [0.5, 0.6) is 0 Å². The van der Waals surface area contributed by atoms with Crippen molar-refractivity contribution in [3.8, 4) is 0 Å². The van der Waals surface area contributed by atoms with Crippen LogP contribution < -0.4 is 0 Å². The molecule has 0 atom stereocenters. The Morgan fingerprint density at radius 1 is 1.08 bits per heavy atom. The number of aliphatic hydroxyl groups is 1. The molecule has 12 heavy (non-hydrogen) atoms. The van der Waals surface area contributed by atoms with Crippen molar-refractivity contribution in [1.29, 1.82) is 0 Å². The molecular weight excluding hydrogens is 148 g/mol. The van der Waals surface area contributed by atoms with E-state index < -0.39 is 0 Å². The predicted octanol–water partition coefficient (Wildman–Crippen LogP) is 3.12. The summed E-state index contributed by atoms with van der Waals surface area (Å²) in [6.45, 7) is 6.62. The molecule has 0 heterocycles. The standard InChI is InChI=1S/C11H22O/c1-10(2,3)9-11(12)7-5-4-6-8-11/h12H,4-9H2,1-3H3. The zero-order valence-corrected chi connectivity index (χ0v) is 8.69. The number of hydrogen-bond donors (Lipinski definition) is 1. The molecule has 1 rings (SSSR count). The van der Waals surface area contributed by atoms with Crippen LogP contribution in [0.15, 0.2) is 0 Å². The van der Waals surface area contributed by atoms with Crippen molar-refractivity contribution in [3.05, 3.63) is 0 Å². The fourth-order valence-electron chi connectivity index (χ4n) is 2.37. The van der Waals surface area contributed by atoms with E-state index in [2.05, 4.69) is 20.8 Å². The van der Waals surface area contributed by atoms with Crippen molar-refractivity contribution in [2.24, 2.45) is 5.41 Å². The van der Waals surface area contributed by atoms with Crippen LogP contribution in [0.25, 0.3) is 0 Å². The molecule has 0 aromatic rings. The second-order valence-electron chi connectivity index (χ2n) is 5.52. The summed E-state index contributed by atoms with van der Waals surface area (Å²) in [6, 6.07) is 0. The van der Waals surface area contributed by atoms with Crippen molar-refractivity contribution in [1.82, 2.24) is 0 Å². The normalized spacial score (nSPS) is 24.0. The largest absolute Gasteiger partial charge is 0.390 e. The van der Waals surface area contributed by atoms with E-state index >= 15 is 0 Å². The summed E-state index contributed by atoms with van der Waals surface area (Å²) < 4.78 is 0. The molecule has 0 aromatic heterocycles. The van der Waals surface area contributed by atoms with E-state index in [1.165, 1.54) is 19.3 Å². The van der Waals surface area contributed by atoms with Gasteiger partial charge in [-0.2, -0.15) is 0 Å². The Labute approximate surface area is 76.2 Å². The third kappa shape index (κ3) is 3.14. The van der Waals surface area contributed by atoms with Gasteiger partial charge >= 0.3 is 0 Å². The minimum atomic E-state index is -0.337. The molecule has 1 heteroatoms. The lowest BCUT2D eigenvalue weighted by molar-refractivity contribution is -0.0290. The van der Waals surface area contributed by atoms with E-state index in [1.54, 1.807) is 0 Å². The molecule has 0 bridgehead atoms. The average Bonchev–Trinajstić information content (AvgIpc) is 1.83. The van der Waals surface area contributed by atoms with E-state index in [-0.39, 0.29) is 11.0 Å². The maximum Gasteiger partial charge on any atom is 0.0652 e. The fourth-order valence-corrected chi connectivity index (χ4v) is 2.37. The van der Waals surface area contributed by atoms with Crippen LogP contribution in [0.4, 0.5) is 0 Å². The zero-order valence-electron chi connectivity index (χ0n) is 8.69. The summed E-state index contributed by atoms with van der Waals surface area (Å²) in [5, 5.41) is 10.2. The van der Waals surface area contributed by atoms with Gasteiger partial charge in [-0.25, -0.2) is 0 Å². The van der Waals surface area contributed by atoms with E-state index in [0.717, 1.165) is 19.3 Å². The highest BCUT2D eigenvalue weighted by Gasteiger charge is 2.33. The van der Waals surface area contributed by atoms with Crippen LogP contribution in [0.2, 0.25) is 0 Å². The fraction of sp³-hybridized carbons (Fsp3) is 1.00. The molecule has 0 saturated heterocycles. The van der Waals surface area contributed by atoms with E-state index in [1.807, 2.05) is 0 Å². The highest BCUT2D eigenvalue weighted by Crippen LogP contribution is 2.37. The van der Waals surface area contributed by atoms with Crippen molar-refractivity contribution in [2.75, 3.05) is 0 Å². The highest BCUT2D eigenvalue weighted by molar-refractivity contribution is 4.86. The first-order chi connectivity index (χ1) is 5.41. The lowest BCUT2D eigenvalue weighted by atomic mass is 9.74. The molecule has 0 amide bonds. The summed E-state index contributed by atoms with van der Waals surface area (Å²) in [6.07, 6.45) is 6.74. The monoisotopic (exact) mass is 170 g/mol. The Morgan fingerprint density at radius 2 is 1.58 bits per heavy atom. The topological polar surface area (TPSA) is 20.2 Å². The quantitative estimate of drug-likeness (QED) is 0.641. The van der Waals surface area contributed by atoms with Crippen LogP contribution in [0.3, 0.4) is 0 Å². The van der Waals surface area contributed by atoms with Crippen LogP contribution in [-0.2, 0) is 0 Å². The van der Waals surface area contributed by atoms with E-state index in [4.69, 9.17) is 0 Å². The van der Waals surface area contributed by atoms with Crippen molar-refractivity contribution in [3.63, 3.8) is 0 Å². The third-order valence-electron chi connectivity index (χ3n) is 2.64. The second-order valence-corrected chi connectivity index (χ2v) is 5.52. The lowest BCUT2D eigenvalue weighted by Gasteiger charge is -2.37. The molecule has 1 aliphatic rings. The van der Waals surface area contributed by atoms with Crippen molar-refractivity contribution < 1.29 is 5.11 Å². The van der Waals surface area contributed by atoms with Gasteiger partial charge in [-0.1, -0.05) is 40.0 Å². The molecule has 1 fully saturated rings. The summed E-state index contributed by atoms with van der Waals surface area (Å²) >= 11 is 0. The van der Waals surface area contributed by atoms with Gasteiger partial charge in [0.2, 0.25) is 0 Å². The van der Waals surface area contributed by atoms with Gasteiger partial charge in [-0.3, -0.25) is 0 Å². The van der Waals surface area contributed by atoms with Crippen LogP contribution >= 0.6 is 0 Å². The van der Waals surface area contributed by atoms with E-state index in [9.17, 15) is 5.11 Å². The molecule has 72 valence electrons. The Morgan fingerprint density at radius 3 is 2.00 bits per heavy atom. The van der Waals surface area contributed by atoms with Crippen molar-refractivity contribution in [2.45, 2.75) is 64.9 Å². The molecule has 0 aliphatic heterocycles. The Balaban J connectivity index is 2.47. The third-order valence-corrected chi connectivity index (χ3v) is 2.64. The van der Waals surface area contributed by atoms with Gasteiger partial charge in [0.1, 0.15) is 0 Å². The first-order valence-electron chi connectivity index (χ1n) is 5.14. The zero-order chi connectivity index (χ0) is 9.24. The summed E-state index contributed by atoms with van der Waals surface area (Å²) in [7, 11) is 0. The van der Waals surface area contributed by atoms with Crippen LogP contribution in [-0.4, -0.2) is 10.7 Å². The Kier molecular flexibility index (Phi) is 2.82. The van der Waals surface area contributed by atoms with Crippen molar-refractivity contribution >= 4 is 0 Å². The number of rotatable bonds is 1. The SMILES string of the molecule is CC(C)(C)CC1(O)CCCCC1. The minimum Gasteiger partial charge on any atom is -0.390 e. The molecule has 1 N–H and O–H groups in total. The van der Waals surface area contributed by atoms with Gasteiger partial charge < -0.3 is 5.11 Å². The van der Waals surface area contributed by atoms with Gasteiger partial charge in [0.15, 0.2) is 0 Å².